The Labute approximate surface area is 109 Å². The van der Waals surface area contributed by atoms with Crippen molar-refractivity contribution in [2.45, 2.75) is 26.3 Å². The molecule has 2 aromatic carbocycles. The Bertz CT molecular complexity index is 554. The molecule has 0 radical (unpaired) electrons. The smallest absolute Gasteiger partial charge is 0.0579 e. The van der Waals surface area contributed by atoms with Crippen LogP contribution < -0.4 is 5.32 Å². The molecule has 1 heterocycles. The summed E-state index contributed by atoms with van der Waals surface area (Å²) < 4.78 is 0. The van der Waals surface area contributed by atoms with Crippen LogP contribution in [0.25, 0.3) is 0 Å². The molecule has 2 aromatic rings. The average Bonchev–Trinajstić information content (AvgIpc) is 2.38. The zero-order valence-electron chi connectivity index (χ0n) is 11.0. The van der Waals surface area contributed by atoms with Gasteiger partial charge in [-0.15, -0.1) is 0 Å². The van der Waals surface area contributed by atoms with Crippen molar-refractivity contribution >= 4 is 0 Å². The Balaban J connectivity index is 2.03. The molecule has 0 aliphatic carbocycles. The van der Waals surface area contributed by atoms with Gasteiger partial charge in [0.15, 0.2) is 0 Å². The molecule has 0 spiro atoms. The van der Waals surface area contributed by atoms with Gasteiger partial charge >= 0.3 is 0 Å². The standard InChI is InChI=1S/C17H19N/c1-12-3-6-14(7-4-12)17-16-8-5-13(2)11-15(16)9-10-18-17/h3-8,11,17-18H,9-10H2,1-2H3. The average molecular weight is 237 g/mol. The van der Waals surface area contributed by atoms with Gasteiger partial charge in [0.25, 0.3) is 0 Å². The Morgan fingerprint density at radius 3 is 2.44 bits per heavy atom. The molecule has 0 fully saturated rings. The van der Waals surface area contributed by atoms with Crippen molar-refractivity contribution < 1.29 is 0 Å². The number of hydrogen-bond donors (Lipinski definition) is 1. The summed E-state index contributed by atoms with van der Waals surface area (Å²) in [6, 6.07) is 16.0. The van der Waals surface area contributed by atoms with E-state index in [4.69, 9.17) is 0 Å². The molecule has 0 saturated heterocycles. The van der Waals surface area contributed by atoms with Crippen molar-refractivity contribution in [3.8, 4) is 0 Å². The van der Waals surface area contributed by atoms with E-state index in [9.17, 15) is 0 Å². The van der Waals surface area contributed by atoms with Gasteiger partial charge in [0, 0.05) is 6.54 Å². The maximum absolute atomic E-state index is 3.63. The number of benzene rings is 2. The van der Waals surface area contributed by atoms with Gasteiger partial charge in [-0.2, -0.15) is 0 Å². The molecule has 92 valence electrons. The van der Waals surface area contributed by atoms with Crippen molar-refractivity contribution in [1.82, 2.24) is 5.32 Å². The third-order valence-corrected chi connectivity index (χ3v) is 3.76. The summed E-state index contributed by atoms with van der Waals surface area (Å²) in [6.07, 6.45) is 1.14. The Kier molecular flexibility index (Phi) is 2.92. The lowest BCUT2D eigenvalue weighted by atomic mass is 9.89. The second-order valence-corrected chi connectivity index (χ2v) is 5.25. The van der Waals surface area contributed by atoms with Gasteiger partial charge in [-0.05, 0) is 37.0 Å². The van der Waals surface area contributed by atoms with Gasteiger partial charge in [-0.25, -0.2) is 0 Å². The molecule has 0 aromatic heterocycles. The second kappa shape index (κ2) is 4.58. The quantitative estimate of drug-likeness (QED) is 0.800. The maximum Gasteiger partial charge on any atom is 0.0579 e. The fourth-order valence-electron chi connectivity index (χ4n) is 2.75. The van der Waals surface area contributed by atoms with Crippen LogP contribution in [-0.4, -0.2) is 6.54 Å². The first-order chi connectivity index (χ1) is 8.74. The number of rotatable bonds is 1. The number of nitrogens with one attached hydrogen (secondary N) is 1. The molecular weight excluding hydrogens is 218 g/mol. The minimum atomic E-state index is 0.356. The summed E-state index contributed by atoms with van der Waals surface area (Å²) in [5.41, 5.74) is 6.98. The van der Waals surface area contributed by atoms with E-state index in [1.54, 1.807) is 0 Å². The Hall–Kier alpha value is -1.60. The van der Waals surface area contributed by atoms with Gasteiger partial charge in [-0.1, -0.05) is 53.6 Å². The van der Waals surface area contributed by atoms with E-state index in [1.165, 1.54) is 27.8 Å². The Morgan fingerprint density at radius 2 is 1.67 bits per heavy atom. The summed E-state index contributed by atoms with van der Waals surface area (Å²) >= 11 is 0. The molecule has 18 heavy (non-hydrogen) atoms. The van der Waals surface area contributed by atoms with Crippen LogP contribution in [0.2, 0.25) is 0 Å². The fraction of sp³-hybridized carbons (Fsp3) is 0.294. The van der Waals surface area contributed by atoms with Gasteiger partial charge in [-0.3, -0.25) is 0 Å². The molecule has 0 amide bonds. The van der Waals surface area contributed by atoms with Crippen LogP contribution in [0.4, 0.5) is 0 Å². The van der Waals surface area contributed by atoms with Crippen molar-refractivity contribution in [1.29, 1.82) is 0 Å². The topological polar surface area (TPSA) is 12.0 Å². The first-order valence-corrected chi connectivity index (χ1v) is 6.63. The van der Waals surface area contributed by atoms with Gasteiger partial charge < -0.3 is 5.32 Å². The number of hydrogen-bond acceptors (Lipinski definition) is 1. The third-order valence-electron chi connectivity index (χ3n) is 3.76. The first-order valence-electron chi connectivity index (χ1n) is 6.63. The van der Waals surface area contributed by atoms with E-state index in [1.807, 2.05) is 0 Å². The van der Waals surface area contributed by atoms with Crippen LogP contribution in [-0.2, 0) is 6.42 Å². The zero-order valence-corrected chi connectivity index (χ0v) is 11.0. The zero-order chi connectivity index (χ0) is 12.5. The van der Waals surface area contributed by atoms with E-state index in [-0.39, 0.29) is 0 Å². The van der Waals surface area contributed by atoms with Crippen LogP contribution in [0, 0.1) is 13.8 Å². The lowest BCUT2D eigenvalue weighted by Gasteiger charge is -2.27. The van der Waals surface area contributed by atoms with E-state index in [2.05, 4.69) is 61.6 Å². The van der Waals surface area contributed by atoms with Crippen molar-refractivity contribution in [3.05, 3.63) is 70.3 Å². The molecular formula is C17H19N. The number of fused-ring (bicyclic) bond motifs is 1. The molecule has 1 unspecified atom stereocenters. The lowest BCUT2D eigenvalue weighted by Crippen LogP contribution is -2.30. The van der Waals surface area contributed by atoms with Gasteiger partial charge in [0.05, 0.1) is 6.04 Å². The molecule has 1 heteroatoms. The van der Waals surface area contributed by atoms with Crippen molar-refractivity contribution in [2.75, 3.05) is 6.54 Å². The molecule has 1 nitrogen and oxygen atoms in total. The second-order valence-electron chi connectivity index (χ2n) is 5.25. The fourth-order valence-corrected chi connectivity index (χ4v) is 2.75. The summed E-state index contributed by atoms with van der Waals surface area (Å²) in [5.74, 6) is 0. The molecule has 0 saturated carbocycles. The highest BCUT2D eigenvalue weighted by Gasteiger charge is 2.20. The van der Waals surface area contributed by atoms with E-state index in [0.29, 0.717) is 6.04 Å². The third kappa shape index (κ3) is 2.06. The van der Waals surface area contributed by atoms with Crippen LogP contribution in [0.5, 0.6) is 0 Å². The minimum Gasteiger partial charge on any atom is -0.306 e. The highest BCUT2D eigenvalue weighted by Crippen LogP contribution is 2.29. The number of aryl methyl sites for hydroxylation is 2. The van der Waals surface area contributed by atoms with Gasteiger partial charge in [0.1, 0.15) is 0 Å². The largest absolute Gasteiger partial charge is 0.306 e. The molecule has 1 aliphatic rings. The monoisotopic (exact) mass is 237 g/mol. The van der Waals surface area contributed by atoms with E-state index < -0.39 is 0 Å². The van der Waals surface area contributed by atoms with E-state index in [0.717, 1.165) is 13.0 Å². The first kappa shape index (κ1) is 11.5. The van der Waals surface area contributed by atoms with Crippen molar-refractivity contribution in [3.63, 3.8) is 0 Å². The summed E-state index contributed by atoms with van der Waals surface area (Å²) in [5, 5.41) is 3.63. The SMILES string of the molecule is Cc1ccc(C2NCCc3cc(C)ccc32)cc1. The Morgan fingerprint density at radius 1 is 0.944 bits per heavy atom. The predicted molar refractivity (Wildman–Crippen MR) is 75.9 cm³/mol. The lowest BCUT2D eigenvalue weighted by molar-refractivity contribution is 0.567. The van der Waals surface area contributed by atoms with Crippen LogP contribution in [0.3, 0.4) is 0 Å². The van der Waals surface area contributed by atoms with E-state index >= 15 is 0 Å². The molecule has 1 N–H and O–H groups in total. The molecule has 3 rings (SSSR count). The summed E-state index contributed by atoms with van der Waals surface area (Å²) in [4.78, 5) is 0. The highest BCUT2D eigenvalue weighted by atomic mass is 14.9. The van der Waals surface area contributed by atoms with Crippen molar-refractivity contribution in [2.24, 2.45) is 0 Å². The molecule has 1 aliphatic heterocycles. The normalized spacial score (nSPS) is 18.4. The highest BCUT2D eigenvalue weighted by molar-refractivity contribution is 5.41. The van der Waals surface area contributed by atoms with Crippen LogP contribution in [0.1, 0.15) is 33.9 Å². The predicted octanol–water partition coefficient (Wildman–Crippen LogP) is 3.54. The summed E-state index contributed by atoms with van der Waals surface area (Å²) in [7, 11) is 0. The van der Waals surface area contributed by atoms with Gasteiger partial charge in [0.2, 0.25) is 0 Å². The van der Waals surface area contributed by atoms with Crippen LogP contribution in [0.15, 0.2) is 42.5 Å². The maximum atomic E-state index is 3.63. The minimum absolute atomic E-state index is 0.356. The molecule has 1 atom stereocenters. The summed E-state index contributed by atoms with van der Waals surface area (Å²) in [6.45, 7) is 5.37. The van der Waals surface area contributed by atoms with Crippen LogP contribution >= 0.6 is 0 Å². The molecule has 0 bridgehead atoms.